The Kier molecular flexibility index (Phi) is 5.58. The van der Waals surface area contributed by atoms with E-state index < -0.39 is 0 Å². The first-order valence-corrected chi connectivity index (χ1v) is 7.24. The molecule has 2 N–H and O–H groups in total. The summed E-state index contributed by atoms with van der Waals surface area (Å²) in [5.41, 5.74) is 1.73. The van der Waals surface area contributed by atoms with Crippen LogP contribution in [0.15, 0.2) is 42.5 Å². The van der Waals surface area contributed by atoms with Crippen LogP contribution in [-0.2, 0) is 4.79 Å². The van der Waals surface area contributed by atoms with Gasteiger partial charge in [-0.25, -0.2) is 4.98 Å². The van der Waals surface area contributed by atoms with Gasteiger partial charge < -0.3 is 10.6 Å². The van der Waals surface area contributed by atoms with Crippen LogP contribution >= 0.6 is 11.6 Å². The first kappa shape index (κ1) is 15.3. The molecule has 0 unspecified atom stereocenters. The number of hydrogen-bond acceptors (Lipinski definition) is 3. The normalized spacial score (nSPS) is 10.2. The van der Waals surface area contributed by atoms with Gasteiger partial charge in [-0.05, 0) is 49.7 Å². The summed E-state index contributed by atoms with van der Waals surface area (Å²) in [7, 11) is 0. The van der Waals surface area contributed by atoms with Crippen molar-refractivity contribution < 1.29 is 4.79 Å². The third kappa shape index (κ3) is 5.44. The zero-order chi connectivity index (χ0) is 15.1. The van der Waals surface area contributed by atoms with Gasteiger partial charge in [0.1, 0.15) is 5.82 Å². The predicted molar refractivity (Wildman–Crippen MR) is 86.8 cm³/mol. The molecule has 0 bridgehead atoms. The van der Waals surface area contributed by atoms with Crippen LogP contribution in [0.2, 0.25) is 5.02 Å². The third-order valence-corrected chi connectivity index (χ3v) is 3.16. The van der Waals surface area contributed by atoms with Gasteiger partial charge in [0.05, 0.1) is 0 Å². The molecule has 2 rings (SSSR count). The Morgan fingerprint density at radius 1 is 1.19 bits per heavy atom. The van der Waals surface area contributed by atoms with Crippen LogP contribution in [0.3, 0.4) is 0 Å². The number of anilines is 2. The number of pyridine rings is 1. The van der Waals surface area contributed by atoms with E-state index in [2.05, 4.69) is 15.6 Å². The Morgan fingerprint density at radius 3 is 2.67 bits per heavy atom. The number of amides is 1. The van der Waals surface area contributed by atoms with Crippen LogP contribution in [0.5, 0.6) is 0 Å². The number of carbonyl (C=O) groups is 1. The molecular formula is C16H18ClN3O. The zero-order valence-corrected chi connectivity index (χ0v) is 12.7. The topological polar surface area (TPSA) is 54.0 Å². The van der Waals surface area contributed by atoms with Gasteiger partial charge in [-0.3, -0.25) is 4.79 Å². The van der Waals surface area contributed by atoms with E-state index >= 15 is 0 Å². The Labute approximate surface area is 129 Å². The molecule has 21 heavy (non-hydrogen) atoms. The summed E-state index contributed by atoms with van der Waals surface area (Å²) in [6, 6.07) is 12.9. The van der Waals surface area contributed by atoms with Gasteiger partial charge in [0.25, 0.3) is 0 Å². The molecule has 0 radical (unpaired) electrons. The highest BCUT2D eigenvalue weighted by atomic mass is 35.5. The molecule has 1 heterocycles. The molecule has 110 valence electrons. The Hall–Kier alpha value is -2.07. The molecule has 2 aromatic rings. The fourth-order valence-corrected chi connectivity index (χ4v) is 1.99. The van der Waals surface area contributed by atoms with Crippen molar-refractivity contribution in [2.75, 3.05) is 17.2 Å². The lowest BCUT2D eigenvalue weighted by atomic mass is 10.2. The number of aryl methyl sites for hydroxylation is 1. The van der Waals surface area contributed by atoms with Gasteiger partial charge in [0.2, 0.25) is 5.91 Å². The van der Waals surface area contributed by atoms with Crippen molar-refractivity contribution in [2.45, 2.75) is 19.8 Å². The van der Waals surface area contributed by atoms with Gasteiger partial charge in [-0.1, -0.05) is 17.7 Å². The average molecular weight is 304 g/mol. The van der Waals surface area contributed by atoms with Crippen LogP contribution in [0.4, 0.5) is 11.5 Å². The molecule has 4 nitrogen and oxygen atoms in total. The van der Waals surface area contributed by atoms with Crippen molar-refractivity contribution in [3.63, 3.8) is 0 Å². The van der Waals surface area contributed by atoms with Crippen LogP contribution in [0, 0.1) is 6.92 Å². The quantitative estimate of drug-likeness (QED) is 0.796. The lowest BCUT2D eigenvalue weighted by Gasteiger charge is -2.07. The van der Waals surface area contributed by atoms with E-state index in [1.165, 1.54) is 0 Å². The number of carbonyl (C=O) groups excluding carboxylic acids is 1. The van der Waals surface area contributed by atoms with Gasteiger partial charge in [0.15, 0.2) is 0 Å². The van der Waals surface area contributed by atoms with Gasteiger partial charge in [-0.2, -0.15) is 0 Å². The van der Waals surface area contributed by atoms with Crippen LogP contribution < -0.4 is 10.6 Å². The Morgan fingerprint density at radius 2 is 1.95 bits per heavy atom. The summed E-state index contributed by atoms with van der Waals surface area (Å²) < 4.78 is 0. The number of halogens is 1. The van der Waals surface area contributed by atoms with Crippen LogP contribution in [0.25, 0.3) is 0 Å². The zero-order valence-electron chi connectivity index (χ0n) is 11.9. The summed E-state index contributed by atoms with van der Waals surface area (Å²) >= 11 is 5.79. The van der Waals surface area contributed by atoms with Crippen LogP contribution in [0.1, 0.15) is 18.5 Å². The number of rotatable bonds is 6. The maximum Gasteiger partial charge on any atom is 0.224 e. The average Bonchev–Trinajstić information content (AvgIpc) is 2.46. The third-order valence-electron chi connectivity index (χ3n) is 2.90. The second-order valence-corrected chi connectivity index (χ2v) is 5.19. The summed E-state index contributed by atoms with van der Waals surface area (Å²) in [5, 5.41) is 6.69. The van der Waals surface area contributed by atoms with Crippen molar-refractivity contribution in [1.29, 1.82) is 0 Å². The van der Waals surface area contributed by atoms with E-state index in [1.54, 1.807) is 24.3 Å². The lowest BCUT2D eigenvalue weighted by Crippen LogP contribution is -2.13. The van der Waals surface area contributed by atoms with Crippen molar-refractivity contribution in [3.8, 4) is 0 Å². The predicted octanol–water partition coefficient (Wildman–Crippen LogP) is 3.87. The number of nitrogens with zero attached hydrogens (tertiary/aromatic N) is 1. The highest BCUT2D eigenvalue weighted by molar-refractivity contribution is 6.30. The van der Waals surface area contributed by atoms with Crippen molar-refractivity contribution in [3.05, 3.63) is 53.2 Å². The lowest BCUT2D eigenvalue weighted by molar-refractivity contribution is -0.116. The molecular weight excluding hydrogens is 286 g/mol. The summed E-state index contributed by atoms with van der Waals surface area (Å²) in [5.74, 6) is 0.837. The standard InChI is InChI=1S/C16H18ClN3O/c1-12-4-2-5-15(19-12)18-11-3-6-16(21)20-14-9-7-13(17)8-10-14/h2,4-5,7-10H,3,6,11H2,1H3,(H,18,19)(H,20,21). The SMILES string of the molecule is Cc1cccc(NCCCC(=O)Nc2ccc(Cl)cc2)n1. The minimum atomic E-state index is -0.00340. The van der Waals surface area contributed by atoms with E-state index in [0.29, 0.717) is 18.0 Å². The maximum absolute atomic E-state index is 11.8. The second kappa shape index (κ2) is 7.64. The largest absolute Gasteiger partial charge is 0.370 e. The molecule has 0 saturated carbocycles. The van der Waals surface area contributed by atoms with E-state index in [9.17, 15) is 4.79 Å². The molecule has 0 atom stereocenters. The highest BCUT2D eigenvalue weighted by Crippen LogP contribution is 2.13. The summed E-state index contributed by atoms with van der Waals surface area (Å²) in [4.78, 5) is 16.1. The molecule has 0 aliphatic rings. The maximum atomic E-state index is 11.8. The first-order chi connectivity index (χ1) is 10.1. The second-order valence-electron chi connectivity index (χ2n) is 4.75. The molecule has 0 saturated heterocycles. The molecule has 0 spiro atoms. The molecule has 1 amide bonds. The fourth-order valence-electron chi connectivity index (χ4n) is 1.86. The minimum Gasteiger partial charge on any atom is -0.370 e. The number of nitrogens with one attached hydrogen (secondary N) is 2. The Bertz CT molecular complexity index is 599. The first-order valence-electron chi connectivity index (χ1n) is 6.86. The van der Waals surface area contributed by atoms with E-state index in [4.69, 9.17) is 11.6 Å². The molecule has 5 heteroatoms. The van der Waals surface area contributed by atoms with Gasteiger partial charge in [-0.15, -0.1) is 0 Å². The monoisotopic (exact) mass is 303 g/mol. The summed E-state index contributed by atoms with van der Waals surface area (Å²) in [6.07, 6.45) is 1.20. The fraction of sp³-hybridized carbons (Fsp3) is 0.250. The number of benzene rings is 1. The molecule has 0 aliphatic heterocycles. The van der Waals surface area contributed by atoms with Crippen molar-refractivity contribution in [2.24, 2.45) is 0 Å². The van der Waals surface area contributed by atoms with Crippen LogP contribution in [-0.4, -0.2) is 17.4 Å². The number of aromatic nitrogens is 1. The van der Waals surface area contributed by atoms with Gasteiger partial charge >= 0.3 is 0 Å². The van der Waals surface area contributed by atoms with Crippen molar-refractivity contribution in [1.82, 2.24) is 4.98 Å². The smallest absolute Gasteiger partial charge is 0.224 e. The minimum absolute atomic E-state index is 0.00340. The Balaban J connectivity index is 1.68. The number of hydrogen-bond donors (Lipinski definition) is 2. The molecule has 1 aromatic carbocycles. The summed E-state index contributed by atoms with van der Waals surface area (Å²) in [6.45, 7) is 2.66. The molecule has 0 aliphatic carbocycles. The van der Waals surface area contributed by atoms with E-state index in [-0.39, 0.29) is 5.91 Å². The van der Waals surface area contributed by atoms with E-state index in [1.807, 2.05) is 25.1 Å². The van der Waals surface area contributed by atoms with Gasteiger partial charge in [0, 0.05) is 29.4 Å². The van der Waals surface area contributed by atoms with E-state index in [0.717, 1.165) is 23.6 Å². The van der Waals surface area contributed by atoms with Crippen molar-refractivity contribution >= 4 is 29.0 Å². The molecule has 1 aromatic heterocycles. The highest BCUT2D eigenvalue weighted by Gasteiger charge is 2.02. The molecule has 0 fully saturated rings.